The number of hydrogen-bond acceptors (Lipinski definition) is 2. The number of amides is 1. The number of aliphatic hydroxyl groups is 1. The molecule has 0 aliphatic heterocycles. The second kappa shape index (κ2) is 6.89. The Bertz CT molecular complexity index is 420. The fraction of sp³-hybridized carbons (Fsp3) is 0.588. The van der Waals surface area contributed by atoms with Crippen molar-refractivity contribution in [1.82, 2.24) is 5.32 Å². The largest absolute Gasteiger partial charge is 0.385 e. The summed E-state index contributed by atoms with van der Waals surface area (Å²) in [5.74, 6) is -0.0502. The van der Waals surface area contributed by atoms with E-state index < -0.39 is 5.60 Å². The van der Waals surface area contributed by atoms with Crippen molar-refractivity contribution in [1.29, 1.82) is 0 Å². The van der Waals surface area contributed by atoms with Crippen LogP contribution in [0.5, 0.6) is 0 Å². The third kappa shape index (κ3) is 4.34. The lowest BCUT2D eigenvalue weighted by molar-refractivity contribution is -0.126. The molecule has 1 atom stereocenters. The Morgan fingerprint density at radius 2 is 1.80 bits per heavy atom. The van der Waals surface area contributed by atoms with Crippen LogP contribution in [-0.2, 0) is 10.4 Å². The van der Waals surface area contributed by atoms with Gasteiger partial charge in [0.2, 0.25) is 5.91 Å². The average Bonchev–Trinajstić information content (AvgIpc) is 2.67. The summed E-state index contributed by atoms with van der Waals surface area (Å²) in [5.41, 5.74) is -0.313. The zero-order chi connectivity index (χ0) is 14.4. The van der Waals surface area contributed by atoms with Crippen molar-refractivity contribution < 1.29 is 9.90 Å². The fourth-order valence-electron chi connectivity index (χ4n) is 2.91. The standard InChI is InChI=1S/C17H25NO2/c1-17(20,14-9-5-4-6-10-14)13-16(19)18-15-11-7-2-3-8-12-15/h4-6,9-10,15,20H,2-3,7-8,11-13H2,1H3,(H,18,19). The van der Waals surface area contributed by atoms with Gasteiger partial charge in [0.15, 0.2) is 0 Å². The van der Waals surface area contributed by atoms with Crippen LogP contribution in [-0.4, -0.2) is 17.1 Å². The maximum atomic E-state index is 12.1. The molecule has 2 rings (SSSR count). The molecule has 1 saturated carbocycles. The molecule has 1 aromatic rings. The molecule has 1 aromatic carbocycles. The van der Waals surface area contributed by atoms with Crippen molar-refractivity contribution in [2.24, 2.45) is 0 Å². The van der Waals surface area contributed by atoms with Gasteiger partial charge in [-0.15, -0.1) is 0 Å². The van der Waals surface area contributed by atoms with E-state index in [9.17, 15) is 9.90 Å². The van der Waals surface area contributed by atoms with Gasteiger partial charge in [0, 0.05) is 6.04 Å². The lowest BCUT2D eigenvalue weighted by atomic mass is 9.92. The minimum atomic E-state index is -1.10. The normalized spacial score (nSPS) is 19.9. The Hall–Kier alpha value is -1.35. The average molecular weight is 275 g/mol. The molecular weight excluding hydrogens is 250 g/mol. The van der Waals surface area contributed by atoms with E-state index in [2.05, 4.69) is 5.32 Å². The first-order valence-corrected chi connectivity index (χ1v) is 7.65. The van der Waals surface area contributed by atoms with E-state index in [4.69, 9.17) is 0 Å². The van der Waals surface area contributed by atoms with Crippen LogP contribution < -0.4 is 5.32 Å². The topological polar surface area (TPSA) is 49.3 Å². The van der Waals surface area contributed by atoms with Crippen LogP contribution in [0.2, 0.25) is 0 Å². The van der Waals surface area contributed by atoms with Crippen molar-refractivity contribution in [3.05, 3.63) is 35.9 Å². The molecule has 2 N–H and O–H groups in total. The van der Waals surface area contributed by atoms with Gasteiger partial charge in [-0.05, 0) is 25.3 Å². The van der Waals surface area contributed by atoms with E-state index >= 15 is 0 Å². The first-order chi connectivity index (χ1) is 9.58. The zero-order valence-corrected chi connectivity index (χ0v) is 12.3. The summed E-state index contributed by atoms with van der Waals surface area (Å²) >= 11 is 0. The van der Waals surface area contributed by atoms with Gasteiger partial charge >= 0.3 is 0 Å². The van der Waals surface area contributed by atoms with Crippen LogP contribution in [0.25, 0.3) is 0 Å². The highest BCUT2D eigenvalue weighted by molar-refractivity contribution is 5.77. The molecule has 0 heterocycles. The maximum Gasteiger partial charge on any atom is 0.223 e. The van der Waals surface area contributed by atoms with Gasteiger partial charge in [-0.3, -0.25) is 4.79 Å². The SMILES string of the molecule is CC(O)(CC(=O)NC1CCCCCC1)c1ccccc1. The molecule has 0 aromatic heterocycles. The van der Waals surface area contributed by atoms with Crippen molar-refractivity contribution in [2.75, 3.05) is 0 Å². The zero-order valence-electron chi connectivity index (χ0n) is 12.3. The molecule has 0 spiro atoms. The first-order valence-electron chi connectivity index (χ1n) is 7.65. The Morgan fingerprint density at radius 1 is 1.20 bits per heavy atom. The van der Waals surface area contributed by atoms with E-state index in [0.717, 1.165) is 18.4 Å². The van der Waals surface area contributed by atoms with Crippen molar-refractivity contribution in [2.45, 2.75) is 63.5 Å². The number of nitrogens with one attached hydrogen (secondary N) is 1. The van der Waals surface area contributed by atoms with Gasteiger partial charge < -0.3 is 10.4 Å². The highest BCUT2D eigenvalue weighted by Crippen LogP contribution is 2.24. The van der Waals surface area contributed by atoms with E-state index in [1.165, 1.54) is 25.7 Å². The number of rotatable bonds is 4. The third-order valence-corrected chi connectivity index (χ3v) is 4.12. The van der Waals surface area contributed by atoms with Crippen LogP contribution >= 0.6 is 0 Å². The van der Waals surface area contributed by atoms with Gasteiger partial charge in [-0.25, -0.2) is 0 Å². The van der Waals surface area contributed by atoms with Crippen LogP contribution in [0, 0.1) is 0 Å². The van der Waals surface area contributed by atoms with Crippen molar-refractivity contribution in [3.63, 3.8) is 0 Å². The molecule has 0 radical (unpaired) electrons. The molecule has 0 saturated heterocycles. The lowest BCUT2D eigenvalue weighted by Gasteiger charge is -2.25. The molecule has 1 fully saturated rings. The van der Waals surface area contributed by atoms with Gasteiger partial charge in [0.25, 0.3) is 0 Å². The summed E-state index contributed by atoms with van der Waals surface area (Å²) in [6.45, 7) is 1.70. The summed E-state index contributed by atoms with van der Waals surface area (Å²) in [4.78, 5) is 12.1. The van der Waals surface area contributed by atoms with Crippen molar-refractivity contribution >= 4 is 5.91 Å². The number of hydrogen-bond donors (Lipinski definition) is 2. The van der Waals surface area contributed by atoms with E-state index in [1.807, 2.05) is 30.3 Å². The number of benzene rings is 1. The smallest absolute Gasteiger partial charge is 0.223 e. The van der Waals surface area contributed by atoms with E-state index in [0.29, 0.717) is 0 Å². The second-order valence-electron chi connectivity index (χ2n) is 6.07. The van der Waals surface area contributed by atoms with Crippen LogP contribution in [0.1, 0.15) is 57.4 Å². The molecule has 20 heavy (non-hydrogen) atoms. The van der Waals surface area contributed by atoms with E-state index in [-0.39, 0.29) is 18.4 Å². The minimum Gasteiger partial charge on any atom is -0.385 e. The minimum absolute atomic E-state index is 0.0502. The summed E-state index contributed by atoms with van der Waals surface area (Å²) < 4.78 is 0. The molecular formula is C17H25NO2. The Balaban J connectivity index is 1.90. The van der Waals surface area contributed by atoms with Crippen LogP contribution in [0.3, 0.4) is 0 Å². The monoisotopic (exact) mass is 275 g/mol. The molecule has 1 aliphatic rings. The summed E-state index contributed by atoms with van der Waals surface area (Å²) in [7, 11) is 0. The Morgan fingerprint density at radius 3 is 2.40 bits per heavy atom. The quantitative estimate of drug-likeness (QED) is 0.829. The van der Waals surface area contributed by atoms with Gasteiger partial charge in [-0.1, -0.05) is 56.0 Å². The molecule has 3 nitrogen and oxygen atoms in total. The number of carbonyl (C=O) groups is 1. The van der Waals surface area contributed by atoms with Gasteiger partial charge in [-0.2, -0.15) is 0 Å². The molecule has 1 amide bonds. The third-order valence-electron chi connectivity index (χ3n) is 4.12. The highest BCUT2D eigenvalue weighted by Gasteiger charge is 2.27. The summed E-state index contributed by atoms with van der Waals surface area (Å²) in [6.07, 6.45) is 7.19. The molecule has 110 valence electrons. The van der Waals surface area contributed by atoms with Crippen LogP contribution in [0.15, 0.2) is 30.3 Å². The summed E-state index contributed by atoms with van der Waals surface area (Å²) in [6, 6.07) is 9.68. The van der Waals surface area contributed by atoms with Crippen molar-refractivity contribution in [3.8, 4) is 0 Å². The predicted molar refractivity (Wildman–Crippen MR) is 80.3 cm³/mol. The van der Waals surface area contributed by atoms with Crippen LogP contribution in [0.4, 0.5) is 0 Å². The Labute approximate surface area is 121 Å². The van der Waals surface area contributed by atoms with Gasteiger partial charge in [0.05, 0.1) is 12.0 Å². The fourth-order valence-corrected chi connectivity index (χ4v) is 2.91. The maximum absolute atomic E-state index is 12.1. The van der Waals surface area contributed by atoms with E-state index in [1.54, 1.807) is 6.92 Å². The molecule has 1 aliphatic carbocycles. The van der Waals surface area contributed by atoms with Gasteiger partial charge in [0.1, 0.15) is 0 Å². The first kappa shape index (κ1) is 15.0. The highest BCUT2D eigenvalue weighted by atomic mass is 16.3. The number of carbonyl (C=O) groups excluding carboxylic acids is 1. The summed E-state index contributed by atoms with van der Waals surface area (Å²) in [5, 5.41) is 13.6. The second-order valence-corrected chi connectivity index (χ2v) is 6.07. The molecule has 3 heteroatoms. The Kier molecular flexibility index (Phi) is 5.18. The molecule has 0 bridgehead atoms. The predicted octanol–water partition coefficient (Wildman–Crippen LogP) is 3.12. The molecule has 1 unspecified atom stereocenters. The lowest BCUT2D eigenvalue weighted by Crippen LogP contribution is -2.38.